The van der Waals surface area contributed by atoms with E-state index in [0.717, 1.165) is 49.5 Å². The van der Waals surface area contributed by atoms with Crippen LogP contribution in [0.2, 0.25) is 0 Å². The molecule has 3 aromatic rings. The van der Waals surface area contributed by atoms with E-state index in [1.54, 1.807) is 6.26 Å². The lowest BCUT2D eigenvalue weighted by Gasteiger charge is -2.49. The van der Waals surface area contributed by atoms with Crippen LogP contribution in [0, 0.1) is 11.8 Å². The van der Waals surface area contributed by atoms with Gasteiger partial charge in [0.2, 0.25) is 5.91 Å². The highest BCUT2D eigenvalue weighted by Gasteiger charge is 2.43. The Balaban J connectivity index is 1.19. The predicted molar refractivity (Wildman–Crippen MR) is 108 cm³/mol. The second kappa shape index (κ2) is 7.83. The molecule has 0 spiro atoms. The third-order valence-electron chi connectivity index (χ3n) is 6.24. The molecule has 7 nitrogen and oxygen atoms in total. The maximum atomic E-state index is 12.7. The number of rotatable bonds is 6. The number of amides is 1. The minimum Gasteiger partial charge on any atom is -0.467 e. The molecule has 3 saturated heterocycles. The molecule has 3 aliphatic heterocycles. The van der Waals surface area contributed by atoms with Crippen LogP contribution in [0.4, 0.5) is 0 Å². The van der Waals surface area contributed by atoms with E-state index in [0.29, 0.717) is 18.5 Å². The lowest BCUT2D eigenvalue weighted by molar-refractivity contribution is -0.133. The van der Waals surface area contributed by atoms with Gasteiger partial charge >= 0.3 is 0 Å². The summed E-state index contributed by atoms with van der Waals surface area (Å²) in [5, 5.41) is 11.7. The second-order valence-corrected chi connectivity index (χ2v) is 8.03. The highest BCUT2D eigenvalue weighted by molar-refractivity contribution is 5.79. The van der Waals surface area contributed by atoms with Crippen LogP contribution in [0.5, 0.6) is 0 Å². The van der Waals surface area contributed by atoms with Crippen molar-refractivity contribution in [1.29, 1.82) is 0 Å². The first kappa shape index (κ1) is 18.1. The lowest BCUT2D eigenvalue weighted by atomic mass is 9.75. The summed E-state index contributed by atoms with van der Waals surface area (Å²) in [6.07, 6.45) is 5.77. The van der Waals surface area contributed by atoms with E-state index in [1.807, 2.05) is 53.3 Å². The van der Waals surface area contributed by atoms with Crippen molar-refractivity contribution in [2.24, 2.45) is 11.8 Å². The van der Waals surface area contributed by atoms with E-state index in [4.69, 9.17) is 4.42 Å². The van der Waals surface area contributed by atoms with Crippen molar-refractivity contribution in [3.63, 3.8) is 0 Å². The van der Waals surface area contributed by atoms with Gasteiger partial charge in [-0.1, -0.05) is 35.5 Å². The van der Waals surface area contributed by atoms with Crippen molar-refractivity contribution in [2.45, 2.75) is 32.0 Å². The highest BCUT2D eigenvalue weighted by Crippen LogP contribution is 2.37. The van der Waals surface area contributed by atoms with Crippen LogP contribution in [-0.4, -0.2) is 44.9 Å². The van der Waals surface area contributed by atoms with Gasteiger partial charge in [-0.3, -0.25) is 14.4 Å². The molecule has 0 aliphatic carbocycles. The molecule has 0 radical (unpaired) electrons. The van der Waals surface area contributed by atoms with Gasteiger partial charge < -0.3 is 9.73 Å². The predicted octanol–water partition coefficient (Wildman–Crippen LogP) is 2.56. The SMILES string of the molecule is O=C(NCc1ccco1)[C@H]1CN2CCC1C[C@@H]2Cn1cc(-c2ccccc2)nn1. The normalized spacial score (nSPS) is 25.8. The summed E-state index contributed by atoms with van der Waals surface area (Å²) in [6.45, 7) is 3.15. The Kier molecular flexibility index (Phi) is 4.89. The second-order valence-electron chi connectivity index (χ2n) is 8.03. The molecule has 1 amide bonds. The van der Waals surface area contributed by atoms with E-state index in [1.165, 1.54) is 0 Å². The van der Waals surface area contributed by atoms with E-state index in [-0.39, 0.29) is 11.8 Å². The number of aromatic nitrogens is 3. The molecule has 2 bridgehead atoms. The van der Waals surface area contributed by atoms with Gasteiger partial charge in [0, 0.05) is 18.2 Å². The minimum atomic E-state index is 0.0607. The van der Waals surface area contributed by atoms with Gasteiger partial charge in [0.15, 0.2) is 0 Å². The molecule has 150 valence electrons. The number of benzene rings is 1. The summed E-state index contributed by atoms with van der Waals surface area (Å²) < 4.78 is 7.25. The summed E-state index contributed by atoms with van der Waals surface area (Å²) in [7, 11) is 0. The number of hydrogen-bond donors (Lipinski definition) is 1. The Morgan fingerprint density at radius 3 is 2.86 bits per heavy atom. The van der Waals surface area contributed by atoms with Crippen LogP contribution in [-0.2, 0) is 17.9 Å². The quantitative estimate of drug-likeness (QED) is 0.699. The highest BCUT2D eigenvalue weighted by atomic mass is 16.3. The number of fused-ring (bicyclic) bond motifs is 3. The molecular weight excluding hydrogens is 366 g/mol. The average molecular weight is 391 g/mol. The third kappa shape index (κ3) is 3.82. The molecule has 4 atom stereocenters. The monoisotopic (exact) mass is 391 g/mol. The Morgan fingerprint density at radius 2 is 2.10 bits per heavy atom. The van der Waals surface area contributed by atoms with Crippen LogP contribution in [0.25, 0.3) is 11.3 Å². The molecule has 0 saturated carbocycles. The van der Waals surface area contributed by atoms with Crippen molar-refractivity contribution >= 4 is 5.91 Å². The van der Waals surface area contributed by atoms with E-state index in [9.17, 15) is 4.79 Å². The van der Waals surface area contributed by atoms with Gasteiger partial charge in [0.1, 0.15) is 11.5 Å². The first-order valence-corrected chi connectivity index (χ1v) is 10.3. The fourth-order valence-electron chi connectivity index (χ4n) is 4.69. The number of nitrogens with zero attached hydrogens (tertiary/aromatic N) is 4. The third-order valence-corrected chi connectivity index (χ3v) is 6.24. The molecule has 3 fully saturated rings. The number of piperidine rings is 3. The van der Waals surface area contributed by atoms with E-state index < -0.39 is 0 Å². The summed E-state index contributed by atoms with van der Waals surface area (Å²) in [5.74, 6) is 1.42. The van der Waals surface area contributed by atoms with E-state index in [2.05, 4.69) is 20.5 Å². The molecule has 1 N–H and O–H groups in total. The van der Waals surface area contributed by atoms with Crippen molar-refractivity contribution in [3.8, 4) is 11.3 Å². The number of furan rings is 1. The van der Waals surface area contributed by atoms with Crippen LogP contribution >= 0.6 is 0 Å². The fourth-order valence-corrected chi connectivity index (χ4v) is 4.69. The number of nitrogens with one attached hydrogen (secondary N) is 1. The largest absolute Gasteiger partial charge is 0.467 e. The molecule has 3 aliphatic rings. The number of hydrogen-bond acceptors (Lipinski definition) is 5. The molecule has 7 heteroatoms. The molecule has 29 heavy (non-hydrogen) atoms. The summed E-state index contributed by atoms with van der Waals surface area (Å²) in [5.41, 5.74) is 1.98. The smallest absolute Gasteiger partial charge is 0.225 e. The van der Waals surface area contributed by atoms with Gasteiger partial charge in [-0.2, -0.15) is 0 Å². The van der Waals surface area contributed by atoms with Crippen LogP contribution < -0.4 is 5.32 Å². The van der Waals surface area contributed by atoms with Gasteiger partial charge in [-0.15, -0.1) is 5.10 Å². The Labute approximate surface area is 169 Å². The van der Waals surface area contributed by atoms with Gasteiger partial charge in [0.25, 0.3) is 0 Å². The first-order chi connectivity index (χ1) is 14.3. The van der Waals surface area contributed by atoms with Gasteiger partial charge in [0.05, 0.1) is 31.5 Å². The summed E-state index contributed by atoms with van der Waals surface area (Å²) in [6, 6.07) is 14.3. The maximum absolute atomic E-state index is 12.7. The van der Waals surface area contributed by atoms with Crippen molar-refractivity contribution in [1.82, 2.24) is 25.2 Å². The van der Waals surface area contributed by atoms with Crippen LogP contribution in [0.3, 0.4) is 0 Å². The first-order valence-electron chi connectivity index (χ1n) is 10.3. The minimum absolute atomic E-state index is 0.0607. The Bertz CT molecular complexity index is 953. The van der Waals surface area contributed by atoms with E-state index >= 15 is 0 Å². The summed E-state index contributed by atoms with van der Waals surface area (Å²) in [4.78, 5) is 15.1. The molecule has 1 aromatic carbocycles. The lowest BCUT2D eigenvalue weighted by Crippen LogP contribution is -2.57. The molecule has 6 rings (SSSR count). The van der Waals surface area contributed by atoms with Crippen molar-refractivity contribution in [3.05, 3.63) is 60.7 Å². The summed E-state index contributed by atoms with van der Waals surface area (Å²) >= 11 is 0. The Morgan fingerprint density at radius 1 is 1.21 bits per heavy atom. The maximum Gasteiger partial charge on any atom is 0.225 e. The standard InChI is InChI=1S/C22H25N5O2/c28-22(23-12-19-7-4-10-29-19)20-14-26-9-8-17(20)11-18(26)13-27-15-21(24-25-27)16-5-2-1-3-6-16/h1-7,10,15,17-18,20H,8-9,11-14H2,(H,23,28)/t17?,18-,20+/m1/s1. The molecule has 2 aromatic heterocycles. The molecule has 5 heterocycles. The van der Waals surface area contributed by atoms with Gasteiger partial charge in [-0.25, -0.2) is 0 Å². The van der Waals surface area contributed by atoms with Crippen molar-refractivity contribution < 1.29 is 9.21 Å². The van der Waals surface area contributed by atoms with Gasteiger partial charge in [-0.05, 0) is 37.4 Å². The topological polar surface area (TPSA) is 76.2 Å². The number of carbonyl (C=O) groups excluding carboxylic acids is 1. The zero-order valence-corrected chi connectivity index (χ0v) is 16.3. The van der Waals surface area contributed by atoms with Crippen LogP contribution in [0.15, 0.2) is 59.3 Å². The zero-order valence-electron chi connectivity index (χ0n) is 16.3. The van der Waals surface area contributed by atoms with Crippen molar-refractivity contribution in [2.75, 3.05) is 13.1 Å². The fraction of sp³-hybridized carbons (Fsp3) is 0.409. The molecule has 2 unspecified atom stereocenters. The zero-order chi connectivity index (χ0) is 19.6. The van der Waals surface area contributed by atoms with Crippen LogP contribution in [0.1, 0.15) is 18.6 Å². The Hall–Kier alpha value is -2.93. The molecular formula is C22H25N5O2. The number of carbonyl (C=O) groups is 1. The average Bonchev–Trinajstić information content (AvgIpc) is 3.45.